The Morgan fingerprint density at radius 1 is 1.52 bits per heavy atom. The Morgan fingerprint density at radius 2 is 2.30 bits per heavy atom. The lowest BCUT2D eigenvalue weighted by molar-refractivity contribution is -0.134. The van der Waals surface area contributed by atoms with E-state index in [0.717, 1.165) is 18.4 Å². The summed E-state index contributed by atoms with van der Waals surface area (Å²) in [6.07, 6.45) is 1.48. The highest BCUT2D eigenvalue weighted by molar-refractivity contribution is 6.31. The summed E-state index contributed by atoms with van der Waals surface area (Å²) in [5.74, 6) is 0.584. The van der Waals surface area contributed by atoms with Crippen LogP contribution in [0.4, 0.5) is 5.82 Å². The summed E-state index contributed by atoms with van der Waals surface area (Å²) in [5.41, 5.74) is -0.397. The van der Waals surface area contributed by atoms with E-state index in [2.05, 4.69) is 5.16 Å². The van der Waals surface area contributed by atoms with Gasteiger partial charge < -0.3 is 19.4 Å². The van der Waals surface area contributed by atoms with Crippen LogP contribution in [0.3, 0.4) is 0 Å². The molecule has 0 saturated carbocycles. The summed E-state index contributed by atoms with van der Waals surface area (Å²) in [7, 11) is 3.39. The lowest BCUT2D eigenvalue weighted by Crippen LogP contribution is -2.50. The van der Waals surface area contributed by atoms with E-state index < -0.39 is 5.60 Å². The molecule has 0 spiro atoms. The number of carbonyl (C=O) groups excluding carboxylic acids is 1. The van der Waals surface area contributed by atoms with Gasteiger partial charge in [0.2, 0.25) is 5.91 Å². The number of β-amino-alcohol motifs (C(OH)–C–C–N with tert-alkyl or cyclic N) is 1. The maximum absolute atomic E-state index is 12.0. The number of nitrogens with zero attached hydrogens (tertiary/aromatic N) is 3. The fraction of sp³-hybridized carbons (Fsp3) is 0.500. The minimum atomic E-state index is -1.05. The van der Waals surface area contributed by atoms with Crippen LogP contribution in [0.15, 0.2) is 22.7 Å². The van der Waals surface area contributed by atoms with Gasteiger partial charge in [0.05, 0.1) is 17.4 Å². The molecule has 1 saturated heterocycles. The van der Waals surface area contributed by atoms with Crippen LogP contribution < -0.4 is 4.90 Å². The zero-order chi connectivity index (χ0) is 16.6. The minimum absolute atomic E-state index is 0.0811. The lowest BCUT2D eigenvalue weighted by atomic mass is 9.89. The zero-order valence-corrected chi connectivity index (χ0v) is 14.0. The maximum atomic E-state index is 12.0. The lowest BCUT2D eigenvalue weighted by Gasteiger charge is -2.39. The molecule has 1 fully saturated rings. The molecule has 3 rings (SSSR count). The van der Waals surface area contributed by atoms with Gasteiger partial charge >= 0.3 is 0 Å². The van der Waals surface area contributed by atoms with E-state index in [1.54, 1.807) is 32.3 Å². The fourth-order valence-corrected chi connectivity index (χ4v) is 3.18. The van der Waals surface area contributed by atoms with Crippen LogP contribution in [0.5, 0.6) is 0 Å². The molecule has 23 heavy (non-hydrogen) atoms. The van der Waals surface area contributed by atoms with Crippen molar-refractivity contribution in [2.24, 2.45) is 0 Å². The van der Waals surface area contributed by atoms with Crippen LogP contribution in [-0.4, -0.2) is 53.9 Å². The van der Waals surface area contributed by atoms with E-state index in [0.29, 0.717) is 29.4 Å². The van der Waals surface area contributed by atoms with Gasteiger partial charge in [-0.25, -0.2) is 0 Å². The highest BCUT2D eigenvalue weighted by atomic mass is 35.5. The van der Waals surface area contributed by atoms with Gasteiger partial charge in [0.15, 0.2) is 11.4 Å². The summed E-state index contributed by atoms with van der Waals surface area (Å²) in [6, 6.07) is 5.34. The minimum Gasteiger partial charge on any atom is -0.388 e. The number of hydrogen-bond donors (Lipinski definition) is 1. The summed E-state index contributed by atoms with van der Waals surface area (Å²) in [4.78, 5) is 15.4. The quantitative estimate of drug-likeness (QED) is 0.930. The number of carbonyl (C=O) groups is 1. The van der Waals surface area contributed by atoms with E-state index in [4.69, 9.17) is 16.1 Å². The third-order valence-corrected chi connectivity index (χ3v) is 4.48. The van der Waals surface area contributed by atoms with Gasteiger partial charge in [0, 0.05) is 32.2 Å². The normalized spacial score (nSPS) is 21.7. The van der Waals surface area contributed by atoms with Crippen LogP contribution in [0.1, 0.15) is 19.3 Å². The van der Waals surface area contributed by atoms with E-state index >= 15 is 0 Å². The van der Waals surface area contributed by atoms with Crippen molar-refractivity contribution >= 4 is 34.3 Å². The summed E-state index contributed by atoms with van der Waals surface area (Å²) >= 11 is 6.06. The van der Waals surface area contributed by atoms with Gasteiger partial charge in [0.25, 0.3) is 0 Å². The van der Waals surface area contributed by atoms with Crippen LogP contribution in [0.2, 0.25) is 5.02 Å². The Kier molecular flexibility index (Phi) is 4.21. The molecule has 1 aromatic heterocycles. The summed E-state index contributed by atoms with van der Waals surface area (Å²) < 4.78 is 5.34. The first-order chi connectivity index (χ1) is 10.9. The van der Waals surface area contributed by atoms with Crippen LogP contribution in [0.25, 0.3) is 11.0 Å². The van der Waals surface area contributed by atoms with E-state index in [1.807, 2.05) is 4.90 Å². The predicted octanol–water partition coefficient (Wildman–Crippen LogP) is 2.29. The van der Waals surface area contributed by atoms with Gasteiger partial charge in [-0.2, -0.15) is 0 Å². The number of halogens is 1. The number of amides is 1. The summed E-state index contributed by atoms with van der Waals surface area (Å²) in [5, 5.41) is 16.4. The second kappa shape index (κ2) is 6.02. The average molecular weight is 338 g/mol. The second-order valence-electron chi connectivity index (χ2n) is 6.36. The first-order valence-corrected chi connectivity index (χ1v) is 7.98. The number of anilines is 1. The average Bonchev–Trinajstić information content (AvgIpc) is 2.89. The SMILES string of the molecule is CN(C)C(=O)CC1(O)CCCN(c2noc3ccc(Cl)cc23)C1. The van der Waals surface area contributed by atoms with E-state index in [-0.39, 0.29) is 12.3 Å². The van der Waals surface area contributed by atoms with Crippen molar-refractivity contribution in [2.75, 3.05) is 32.1 Å². The Morgan fingerprint density at radius 3 is 3.04 bits per heavy atom. The Balaban J connectivity index is 1.85. The van der Waals surface area contributed by atoms with Crippen LogP contribution in [0, 0.1) is 0 Å². The molecule has 0 bridgehead atoms. The van der Waals surface area contributed by atoms with Crippen molar-refractivity contribution in [1.82, 2.24) is 10.1 Å². The molecular formula is C16H20ClN3O3. The highest BCUT2D eigenvalue weighted by Crippen LogP contribution is 2.33. The number of fused-ring (bicyclic) bond motifs is 1. The van der Waals surface area contributed by atoms with Crippen molar-refractivity contribution in [3.8, 4) is 0 Å². The molecule has 6 nitrogen and oxygen atoms in total. The van der Waals surface area contributed by atoms with Gasteiger partial charge in [-0.3, -0.25) is 4.79 Å². The standard InChI is InChI=1S/C16H20ClN3O3/c1-19(2)14(21)9-16(22)6-3-7-20(10-16)15-12-8-11(17)4-5-13(12)23-18-15/h4-5,8,22H,3,6-7,9-10H2,1-2H3. The second-order valence-corrected chi connectivity index (χ2v) is 6.80. The predicted molar refractivity (Wildman–Crippen MR) is 88.7 cm³/mol. The first kappa shape index (κ1) is 16.1. The fourth-order valence-electron chi connectivity index (χ4n) is 3.00. The Labute approximate surface area is 139 Å². The van der Waals surface area contributed by atoms with Gasteiger partial charge in [-0.05, 0) is 31.0 Å². The third kappa shape index (κ3) is 3.28. The zero-order valence-electron chi connectivity index (χ0n) is 13.3. The van der Waals surface area contributed by atoms with Crippen LogP contribution >= 0.6 is 11.6 Å². The molecule has 1 amide bonds. The van der Waals surface area contributed by atoms with E-state index in [1.165, 1.54) is 4.90 Å². The molecule has 1 aliphatic heterocycles. The molecule has 1 unspecified atom stereocenters. The molecule has 1 N–H and O–H groups in total. The molecule has 1 aliphatic rings. The van der Waals surface area contributed by atoms with Crippen molar-refractivity contribution in [3.05, 3.63) is 23.2 Å². The molecular weight excluding hydrogens is 318 g/mol. The number of benzene rings is 1. The van der Waals surface area contributed by atoms with Gasteiger partial charge in [-0.1, -0.05) is 16.8 Å². The monoisotopic (exact) mass is 337 g/mol. The third-order valence-electron chi connectivity index (χ3n) is 4.25. The number of piperidine rings is 1. The smallest absolute Gasteiger partial charge is 0.225 e. The number of hydrogen-bond acceptors (Lipinski definition) is 5. The molecule has 124 valence electrons. The molecule has 0 aliphatic carbocycles. The molecule has 7 heteroatoms. The molecule has 2 heterocycles. The molecule has 1 aromatic carbocycles. The topological polar surface area (TPSA) is 69.8 Å². The van der Waals surface area contributed by atoms with Gasteiger partial charge in [-0.15, -0.1) is 0 Å². The molecule has 0 radical (unpaired) electrons. The number of rotatable bonds is 3. The van der Waals surface area contributed by atoms with Crippen molar-refractivity contribution in [2.45, 2.75) is 24.9 Å². The maximum Gasteiger partial charge on any atom is 0.225 e. The molecule has 1 atom stereocenters. The van der Waals surface area contributed by atoms with Crippen molar-refractivity contribution in [3.63, 3.8) is 0 Å². The number of aliphatic hydroxyl groups is 1. The summed E-state index contributed by atoms with van der Waals surface area (Å²) in [6.45, 7) is 1.10. The first-order valence-electron chi connectivity index (χ1n) is 7.60. The van der Waals surface area contributed by atoms with Crippen molar-refractivity contribution < 1.29 is 14.4 Å². The Hall–Kier alpha value is -1.79. The van der Waals surface area contributed by atoms with Gasteiger partial charge in [0.1, 0.15) is 0 Å². The molecule has 2 aromatic rings. The largest absolute Gasteiger partial charge is 0.388 e. The van der Waals surface area contributed by atoms with E-state index in [9.17, 15) is 9.90 Å². The highest BCUT2D eigenvalue weighted by Gasteiger charge is 2.37. The van der Waals surface area contributed by atoms with Crippen molar-refractivity contribution in [1.29, 1.82) is 0 Å². The Bertz CT molecular complexity index is 730. The number of aromatic nitrogens is 1. The van der Waals surface area contributed by atoms with Crippen LogP contribution in [-0.2, 0) is 4.79 Å².